The van der Waals surface area contributed by atoms with Crippen molar-refractivity contribution in [2.24, 2.45) is 0 Å². The van der Waals surface area contributed by atoms with Gasteiger partial charge in [0, 0.05) is 18.0 Å². The van der Waals surface area contributed by atoms with E-state index in [-0.39, 0.29) is 5.41 Å². The van der Waals surface area contributed by atoms with Crippen LogP contribution in [0.4, 0.5) is 0 Å². The number of pyridine rings is 1. The van der Waals surface area contributed by atoms with Gasteiger partial charge in [0.25, 0.3) is 0 Å². The maximum absolute atomic E-state index is 8.79. The van der Waals surface area contributed by atoms with Crippen LogP contribution in [0, 0.1) is 11.3 Å². The highest BCUT2D eigenvalue weighted by atomic mass is 79.9. The molecule has 14 heavy (non-hydrogen) atoms. The van der Waals surface area contributed by atoms with Crippen LogP contribution in [0.1, 0.15) is 32.3 Å². The van der Waals surface area contributed by atoms with E-state index < -0.39 is 0 Å². The summed E-state index contributed by atoms with van der Waals surface area (Å²) in [7, 11) is 0. The van der Waals surface area contributed by atoms with E-state index in [0.717, 1.165) is 11.0 Å². The highest BCUT2D eigenvalue weighted by Crippen LogP contribution is 2.31. The molecule has 74 valence electrons. The number of nitriles is 1. The molecule has 1 heterocycles. The van der Waals surface area contributed by atoms with E-state index in [2.05, 4.69) is 40.8 Å². The zero-order valence-corrected chi connectivity index (χ0v) is 10.0. The molecule has 3 heteroatoms. The van der Waals surface area contributed by atoms with Gasteiger partial charge < -0.3 is 0 Å². The lowest BCUT2D eigenvalue weighted by Gasteiger charge is -2.25. The van der Waals surface area contributed by atoms with Crippen LogP contribution in [0.3, 0.4) is 0 Å². The lowest BCUT2D eigenvalue weighted by atomic mass is 9.78. The molecule has 1 rings (SSSR count). The Morgan fingerprint density at radius 3 is 2.86 bits per heavy atom. The van der Waals surface area contributed by atoms with Gasteiger partial charge in [-0.3, -0.25) is 0 Å². The molecule has 1 atom stereocenters. The largest absolute Gasteiger partial charge is 0.249 e. The predicted molar refractivity (Wildman–Crippen MR) is 59.8 cm³/mol. The Hall–Kier alpha value is -0.880. The average molecular weight is 253 g/mol. The van der Waals surface area contributed by atoms with Crippen molar-refractivity contribution >= 4 is 15.9 Å². The number of hydrogen-bond donors (Lipinski definition) is 0. The highest BCUT2D eigenvalue weighted by molar-refractivity contribution is 9.10. The minimum Gasteiger partial charge on any atom is -0.249 e. The van der Waals surface area contributed by atoms with Crippen molar-refractivity contribution in [3.05, 3.63) is 28.5 Å². The molecular weight excluding hydrogens is 240 g/mol. The summed E-state index contributed by atoms with van der Waals surface area (Å²) in [6.07, 6.45) is 3.27. The smallest absolute Gasteiger partial charge is 0.106 e. The lowest BCUT2D eigenvalue weighted by molar-refractivity contribution is 0.465. The van der Waals surface area contributed by atoms with Crippen molar-refractivity contribution in [1.82, 2.24) is 4.98 Å². The summed E-state index contributed by atoms with van der Waals surface area (Å²) in [6.45, 7) is 4.21. The van der Waals surface area contributed by atoms with Crippen LogP contribution in [0.5, 0.6) is 0 Å². The van der Waals surface area contributed by atoms with Gasteiger partial charge in [-0.1, -0.05) is 13.8 Å². The van der Waals surface area contributed by atoms with Crippen LogP contribution in [0.25, 0.3) is 0 Å². The standard InChI is InChI=1S/C11H13BrN2/c1-3-11(2,5-6-13)9-4-7-14-10(12)8-9/h4,7-8H,3,5H2,1-2H3. The first-order chi connectivity index (χ1) is 6.62. The predicted octanol–water partition coefficient (Wildman–Crippen LogP) is 3.43. The lowest BCUT2D eigenvalue weighted by Crippen LogP contribution is -2.20. The van der Waals surface area contributed by atoms with Gasteiger partial charge in [-0.2, -0.15) is 5.26 Å². The van der Waals surface area contributed by atoms with Crippen molar-refractivity contribution in [3.63, 3.8) is 0 Å². The van der Waals surface area contributed by atoms with Gasteiger partial charge in [0.2, 0.25) is 0 Å². The fourth-order valence-corrected chi connectivity index (χ4v) is 1.75. The van der Waals surface area contributed by atoms with E-state index in [1.807, 2.05) is 12.1 Å². The van der Waals surface area contributed by atoms with Crippen LogP contribution in [0.2, 0.25) is 0 Å². The maximum atomic E-state index is 8.79. The van der Waals surface area contributed by atoms with E-state index in [1.54, 1.807) is 6.20 Å². The molecule has 0 radical (unpaired) electrons. The molecule has 0 spiro atoms. The third-order valence-corrected chi connectivity index (χ3v) is 3.11. The van der Waals surface area contributed by atoms with Gasteiger partial charge in [-0.05, 0) is 40.0 Å². The monoisotopic (exact) mass is 252 g/mol. The first-order valence-electron chi connectivity index (χ1n) is 4.61. The summed E-state index contributed by atoms with van der Waals surface area (Å²) in [6, 6.07) is 6.21. The second-order valence-corrected chi connectivity index (χ2v) is 4.43. The summed E-state index contributed by atoms with van der Waals surface area (Å²) in [5.41, 5.74) is 1.11. The van der Waals surface area contributed by atoms with Crippen LogP contribution in [-0.2, 0) is 5.41 Å². The number of rotatable bonds is 3. The second-order valence-electron chi connectivity index (χ2n) is 3.62. The fourth-order valence-electron chi connectivity index (χ4n) is 1.38. The molecule has 0 bridgehead atoms. The molecule has 1 unspecified atom stereocenters. The molecule has 0 N–H and O–H groups in total. The number of halogens is 1. The zero-order valence-electron chi connectivity index (χ0n) is 8.42. The number of aromatic nitrogens is 1. The van der Waals surface area contributed by atoms with Crippen molar-refractivity contribution in [3.8, 4) is 6.07 Å². The quantitative estimate of drug-likeness (QED) is 0.774. The maximum Gasteiger partial charge on any atom is 0.106 e. The highest BCUT2D eigenvalue weighted by Gasteiger charge is 2.24. The third-order valence-electron chi connectivity index (χ3n) is 2.67. The number of hydrogen-bond acceptors (Lipinski definition) is 2. The van der Waals surface area contributed by atoms with E-state index >= 15 is 0 Å². The Balaban J connectivity index is 3.07. The molecular formula is C11H13BrN2. The fraction of sp³-hybridized carbons (Fsp3) is 0.455. The van der Waals surface area contributed by atoms with Gasteiger partial charge >= 0.3 is 0 Å². The number of nitrogens with zero attached hydrogens (tertiary/aromatic N) is 2. The van der Waals surface area contributed by atoms with E-state index in [4.69, 9.17) is 5.26 Å². The van der Waals surface area contributed by atoms with Gasteiger partial charge in [0.05, 0.1) is 6.07 Å². The molecule has 0 amide bonds. The van der Waals surface area contributed by atoms with Crippen molar-refractivity contribution < 1.29 is 0 Å². The van der Waals surface area contributed by atoms with E-state index in [0.29, 0.717) is 6.42 Å². The normalized spacial score (nSPS) is 14.4. The van der Waals surface area contributed by atoms with Crippen molar-refractivity contribution in [2.75, 3.05) is 0 Å². The molecule has 0 saturated carbocycles. The minimum absolute atomic E-state index is 0.0553. The second kappa shape index (κ2) is 4.56. The molecule has 1 aromatic rings. The summed E-state index contributed by atoms with van der Waals surface area (Å²) >= 11 is 3.34. The summed E-state index contributed by atoms with van der Waals surface area (Å²) in [5, 5.41) is 8.79. The van der Waals surface area contributed by atoms with Crippen LogP contribution >= 0.6 is 15.9 Å². The summed E-state index contributed by atoms with van der Waals surface area (Å²) in [4.78, 5) is 4.08. The molecule has 0 aliphatic rings. The molecule has 1 aromatic heterocycles. The van der Waals surface area contributed by atoms with Crippen LogP contribution < -0.4 is 0 Å². The summed E-state index contributed by atoms with van der Waals surface area (Å²) < 4.78 is 0.826. The minimum atomic E-state index is -0.0553. The Labute approximate surface area is 93.1 Å². The first kappa shape index (κ1) is 11.2. The van der Waals surface area contributed by atoms with Crippen molar-refractivity contribution in [2.45, 2.75) is 32.1 Å². The molecule has 0 aromatic carbocycles. The SMILES string of the molecule is CCC(C)(CC#N)c1ccnc(Br)c1. The Bertz CT molecular complexity index is 357. The van der Waals surface area contributed by atoms with Gasteiger partial charge in [-0.15, -0.1) is 0 Å². The van der Waals surface area contributed by atoms with Gasteiger partial charge in [0.15, 0.2) is 0 Å². The van der Waals surface area contributed by atoms with Crippen LogP contribution in [-0.4, -0.2) is 4.98 Å². The van der Waals surface area contributed by atoms with Gasteiger partial charge in [0.1, 0.15) is 4.60 Å². The molecule has 2 nitrogen and oxygen atoms in total. The molecule has 0 saturated heterocycles. The zero-order chi connectivity index (χ0) is 10.6. The Morgan fingerprint density at radius 1 is 1.64 bits per heavy atom. The Morgan fingerprint density at radius 2 is 2.36 bits per heavy atom. The van der Waals surface area contributed by atoms with Gasteiger partial charge in [-0.25, -0.2) is 4.98 Å². The molecule has 0 aliphatic carbocycles. The van der Waals surface area contributed by atoms with Crippen molar-refractivity contribution in [1.29, 1.82) is 5.26 Å². The van der Waals surface area contributed by atoms with Crippen LogP contribution in [0.15, 0.2) is 22.9 Å². The Kier molecular flexibility index (Phi) is 3.65. The molecule has 0 fully saturated rings. The summed E-state index contributed by atoms with van der Waals surface area (Å²) in [5.74, 6) is 0. The van der Waals surface area contributed by atoms with E-state index in [9.17, 15) is 0 Å². The van der Waals surface area contributed by atoms with E-state index in [1.165, 1.54) is 5.56 Å². The third kappa shape index (κ3) is 2.33. The topological polar surface area (TPSA) is 36.7 Å². The average Bonchev–Trinajstić information content (AvgIpc) is 2.18. The molecule has 0 aliphatic heterocycles. The first-order valence-corrected chi connectivity index (χ1v) is 5.40.